The minimum Gasteiger partial charge on any atom is -0.478 e. The first-order valence-electron chi connectivity index (χ1n) is 4.37. The van der Waals surface area contributed by atoms with Gasteiger partial charge in [-0.15, -0.1) is 0 Å². The highest BCUT2D eigenvalue weighted by Crippen LogP contribution is 2.23. The van der Waals surface area contributed by atoms with E-state index in [9.17, 15) is 4.79 Å². The van der Waals surface area contributed by atoms with E-state index in [1.807, 2.05) is 0 Å². The van der Waals surface area contributed by atoms with Crippen LogP contribution in [0.25, 0.3) is 0 Å². The van der Waals surface area contributed by atoms with E-state index >= 15 is 0 Å². The van der Waals surface area contributed by atoms with Gasteiger partial charge in [0.05, 0.1) is 11.3 Å². The van der Waals surface area contributed by atoms with Gasteiger partial charge in [0.2, 0.25) is 5.96 Å². The number of carbonyl (C=O) groups is 1. The minimum absolute atomic E-state index is 0.00637. The smallest absolute Gasteiger partial charge is 0.337 e. The standard InChI is InChI=1S/C9H10BrN5O2/c10-4-1-2-6(5(3-4)7(16)17)14-9(13)15-8(11)12/h1-3H,(H,16,17)(H6,11,12,13,14,15). The number of rotatable bonds is 2. The zero-order valence-electron chi connectivity index (χ0n) is 8.59. The van der Waals surface area contributed by atoms with Gasteiger partial charge in [0.1, 0.15) is 0 Å². The normalized spacial score (nSPS) is 11.0. The highest BCUT2D eigenvalue weighted by molar-refractivity contribution is 9.10. The number of nitrogens with two attached hydrogens (primary N) is 3. The summed E-state index contributed by atoms with van der Waals surface area (Å²) < 4.78 is 0.620. The summed E-state index contributed by atoms with van der Waals surface area (Å²) in [6.45, 7) is 0. The molecule has 0 saturated carbocycles. The van der Waals surface area contributed by atoms with Crippen LogP contribution in [0.1, 0.15) is 10.4 Å². The van der Waals surface area contributed by atoms with E-state index in [0.717, 1.165) is 0 Å². The molecule has 1 aromatic carbocycles. The second-order valence-electron chi connectivity index (χ2n) is 2.97. The lowest BCUT2D eigenvalue weighted by Gasteiger charge is -2.02. The molecule has 0 amide bonds. The van der Waals surface area contributed by atoms with Crippen LogP contribution in [0.4, 0.5) is 5.69 Å². The van der Waals surface area contributed by atoms with E-state index in [4.69, 9.17) is 22.3 Å². The Bertz CT molecular complexity index is 508. The first-order chi connectivity index (χ1) is 7.90. The summed E-state index contributed by atoms with van der Waals surface area (Å²) in [6.07, 6.45) is 0. The van der Waals surface area contributed by atoms with Crippen molar-refractivity contribution in [2.75, 3.05) is 0 Å². The Labute approximate surface area is 105 Å². The van der Waals surface area contributed by atoms with E-state index in [1.165, 1.54) is 12.1 Å². The summed E-state index contributed by atoms with van der Waals surface area (Å²) in [5.41, 5.74) is 15.8. The molecule has 17 heavy (non-hydrogen) atoms. The van der Waals surface area contributed by atoms with Crippen molar-refractivity contribution < 1.29 is 9.90 Å². The van der Waals surface area contributed by atoms with Gasteiger partial charge in [0.25, 0.3) is 0 Å². The Kier molecular flexibility index (Phi) is 4.05. The molecule has 7 N–H and O–H groups in total. The highest BCUT2D eigenvalue weighted by Gasteiger charge is 2.10. The van der Waals surface area contributed by atoms with Gasteiger partial charge in [-0.3, -0.25) is 0 Å². The summed E-state index contributed by atoms with van der Waals surface area (Å²) in [5.74, 6) is -1.59. The number of aliphatic imine (C=N–C) groups is 2. The Morgan fingerprint density at radius 2 is 1.94 bits per heavy atom. The SMILES string of the molecule is NC(N)=NC(N)=Nc1ccc(Br)cc1C(=O)O. The van der Waals surface area contributed by atoms with Gasteiger partial charge >= 0.3 is 5.97 Å². The van der Waals surface area contributed by atoms with E-state index < -0.39 is 5.97 Å². The van der Waals surface area contributed by atoms with Crippen LogP contribution in [0.2, 0.25) is 0 Å². The molecule has 7 nitrogen and oxygen atoms in total. The van der Waals surface area contributed by atoms with E-state index in [-0.39, 0.29) is 23.2 Å². The number of hydrogen-bond acceptors (Lipinski definition) is 2. The fraction of sp³-hybridized carbons (Fsp3) is 0. The van der Waals surface area contributed by atoms with Crippen molar-refractivity contribution in [1.29, 1.82) is 0 Å². The van der Waals surface area contributed by atoms with Crippen LogP contribution in [-0.2, 0) is 0 Å². The molecule has 0 aliphatic carbocycles. The molecule has 0 heterocycles. The zero-order chi connectivity index (χ0) is 13.0. The van der Waals surface area contributed by atoms with Gasteiger partial charge in [-0.25, -0.2) is 9.79 Å². The van der Waals surface area contributed by atoms with E-state index in [2.05, 4.69) is 25.9 Å². The predicted molar refractivity (Wildman–Crippen MR) is 68.2 cm³/mol. The quantitative estimate of drug-likeness (QED) is 0.461. The second kappa shape index (κ2) is 5.30. The molecule has 0 aromatic heterocycles. The number of nitrogens with zero attached hydrogens (tertiary/aromatic N) is 2. The summed E-state index contributed by atoms with van der Waals surface area (Å²) in [6, 6.07) is 4.53. The van der Waals surface area contributed by atoms with Gasteiger partial charge in [-0.2, -0.15) is 4.99 Å². The third kappa shape index (κ3) is 3.76. The molecule has 0 unspecified atom stereocenters. The molecule has 0 radical (unpaired) electrons. The molecule has 0 bridgehead atoms. The van der Waals surface area contributed by atoms with Crippen molar-refractivity contribution in [3.8, 4) is 0 Å². The molecule has 90 valence electrons. The Morgan fingerprint density at radius 1 is 1.29 bits per heavy atom. The average molecular weight is 300 g/mol. The molecule has 1 rings (SSSR count). The van der Waals surface area contributed by atoms with Crippen LogP contribution >= 0.6 is 15.9 Å². The van der Waals surface area contributed by atoms with Crippen molar-refractivity contribution in [3.05, 3.63) is 28.2 Å². The van der Waals surface area contributed by atoms with Crippen LogP contribution in [0.3, 0.4) is 0 Å². The van der Waals surface area contributed by atoms with E-state index in [0.29, 0.717) is 4.47 Å². The fourth-order valence-corrected chi connectivity index (χ4v) is 1.42. The number of guanidine groups is 2. The van der Waals surface area contributed by atoms with Gasteiger partial charge in [0.15, 0.2) is 5.96 Å². The van der Waals surface area contributed by atoms with Crippen molar-refractivity contribution >= 4 is 39.5 Å². The lowest BCUT2D eigenvalue weighted by Crippen LogP contribution is -2.26. The van der Waals surface area contributed by atoms with Crippen LogP contribution in [0, 0.1) is 0 Å². The van der Waals surface area contributed by atoms with E-state index in [1.54, 1.807) is 6.07 Å². The van der Waals surface area contributed by atoms with Crippen molar-refractivity contribution in [2.45, 2.75) is 0 Å². The van der Waals surface area contributed by atoms with Crippen LogP contribution in [-0.4, -0.2) is 23.0 Å². The summed E-state index contributed by atoms with van der Waals surface area (Å²) in [5, 5.41) is 8.97. The summed E-state index contributed by atoms with van der Waals surface area (Å²) in [7, 11) is 0. The zero-order valence-corrected chi connectivity index (χ0v) is 10.2. The maximum absolute atomic E-state index is 11.0. The van der Waals surface area contributed by atoms with Gasteiger partial charge in [0, 0.05) is 4.47 Å². The Balaban J connectivity index is 3.23. The molecule has 0 aliphatic rings. The van der Waals surface area contributed by atoms with Crippen molar-refractivity contribution in [1.82, 2.24) is 0 Å². The first-order valence-corrected chi connectivity index (χ1v) is 5.16. The van der Waals surface area contributed by atoms with Gasteiger partial charge < -0.3 is 22.3 Å². The second-order valence-corrected chi connectivity index (χ2v) is 3.89. The van der Waals surface area contributed by atoms with Crippen LogP contribution in [0.5, 0.6) is 0 Å². The third-order valence-electron chi connectivity index (χ3n) is 1.67. The topological polar surface area (TPSA) is 140 Å². The number of aromatic carboxylic acids is 1. The lowest BCUT2D eigenvalue weighted by atomic mass is 10.2. The van der Waals surface area contributed by atoms with Crippen molar-refractivity contribution in [2.24, 2.45) is 27.2 Å². The fourth-order valence-electron chi connectivity index (χ4n) is 1.06. The van der Waals surface area contributed by atoms with Crippen LogP contribution in [0.15, 0.2) is 32.7 Å². The monoisotopic (exact) mass is 299 g/mol. The summed E-state index contributed by atoms with van der Waals surface area (Å²) in [4.78, 5) is 18.3. The molecule has 8 heteroatoms. The molecular weight excluding hydrogens is 290 g/mol. The van der Waals surface area contributed by atoms with Crippen molar-refractivity contribution in [3.63, 3.8) is 0 Å². The summed E-state index contributed by atoms with van der Waals surface area (Å²) >= 11 is 3.16. The largest absolute Gasteiger partial charge is 0.478 e. The molecule has 0 spiro atoms. The number of hydrogen-bond donors (Lipinski definition) is 4. The number of carboxylic acid groups (broad SMARTS) is 1. The Morgan fingerprint density at radius 3 is 2.47 bits per heavy atom. The molecule has 0 fully saturated rings. The number of benzene rings is 1. The molecule has 1 aromatic rings. The molecule has 0 saturated heterocycles. The lowest BCUT2D eigenvalue weighted by molar-refractivity contribution is 0.0698. The Hall–Kier alpha value is -2.09. The van der Waals surface area contributed by atoms with Crippen LogP contribution < -0.4 is 17.2 Å². The van der Waals surface area contributed by atoms with Gasteiger partial charge in [-0.1, -0.05) is 15.9 Å². The predicted octanol–water partition coefficient (Wildman–Crippen LogP) is 0.367. The minimum atomic E-state index is -1.12. The number of halogens is 1. The number of carboxylic acids is 1. The molecule has 0 aliphatic heterocycles. The molecule has 0 atom stereocenters. The maximum atomic E-state index is 11.0. The van der Waals surface area contributed by atoms with Gasteiger partial charge in [-0.05, 0) is 18.2 Å². The highest BCUT2D eigenvalue weighted by atomic mass is 79.9. The first kappa shape index (κ1) is 13.0. The molecular formula is C9H10BrN5O2. The third-order valence-corrected chi connectivity index (χ3v) is 2.16. The maximum Gasteiger partial charge on any atom is 0.337 e. The average Bonchev–Trinajstić information content (AvgIpc) is 2.19.